The molecular formula is C22H25N3O3. The van der Waals surface area contributed by atoms with Gasteiger partial charge in [-0.15, -0.1) is 0 Å². The van der Waals surface area contributed by atoms with Crippen LogP contribution in [0.1, 0.15) is 25.3 Å². The average Bonchev–Trinajstić information content (AvgIpc) is 2.96. The Morgan fingerprint density at radius 2 is 1.75 bits per heavy atom. The van der Waals surface area contributed by atoms with E-state index in [1.807, 2.05) is 49.4 Å². The molecule has 6 nitrogen and oxygen atoms in total. The van der Waals surface area contributed by atoms with E-state index in [0.29, 0.717) is 0 Å². The van der Waals surface area contributed by atoms with Gasteiger partial charge in [-0.2, -0.15) is 0 Å². The van der Waals surface area contributed by atoms with E-state index in [2.05, 4.69) is 27.7 Å². The fourth-order valence-electron chi connectivity index (χ4n) is 4.10. The summed E-state index contributed by atoms with van der Waals surface area (Å²) in [5, 5.41) is 5.18. The Morgan fingerprint density at radius 3 is 2.43 bits per heavy atom. The van der Waals surface area contributed by atoms with Gasteiger partial charge in [0, 0.05) is 6.54 Å². The zero-order chi connectivity index (χ0) is 19.6. The van der Waals surface area contributed by atoms with Gasteiger partial charge in [-0.3, -0.25) is 15.0 Å². The SMILES string of the molecule is C[C@]1(C2CCN(Cc3cccc(Oc4ccccc4)c3)CC2)NC(=O)NC1=O. The second-order valence-electron chi connectivity index (χ2n) is 7.72. The molecule has 4 rings (SSSR count). The molecule has 0 spiro atoms. The van der Waals surface area contributed by atoms with Gasteiger partial charge in [0.15, 0.2) is 0 Å². The van der Waals surface area contributed by atoms with Crippen LogP contribution in [0.2, 0.25) is 0 Å². The molecule has 0 aliphatic carbocycles. The Bertz CT molecular complexity index is 862. The number of para-hydroxylation sites is 1. The first-order valence-electron chi connectivity index (χ1n) is 9.71. The summed E-state index contributed by atoms with van der Waals surface area (Å²) >= 11 is 0. The highest BCUT2D eigenvalue weighted by atomic mass is 16.5. The van der Waals surface area contributed by atoms with Crippen LogP contribution >= 0.6 is 0 Å². The molecule has 0 aromatic heterocycles. The van der Waals surface area contributed by atoms with Crippen LogP contribution in [0.5, 0.6) is 11.5 Å². The molecule has 2 saturated heterocycles. The zero-order valence-electron chi connectivity index (χ0n) is 16.0. The Morgan fingerprint density at radius 1 is 1.04 bits per heavy atom. The van der Waals surface area contributed by atoms with E-state index in [4.69, 9.17) is 4.74 Å². The van der Waals surface area contributed by atoms with Crippen molar-refractivity contribution in [1.29, 1.82) is 0 Å². The molecule has 2 aromatic rings. The highest BCUT2D eigenvalue weighted by molar-refractivity contribution is 6.06. The van der Waals surface area contributed by atoms with Crippen molar-refractivity contribution in [2.75, 3.05) is 13.1 Å². The number of rotatable bonds is 5. The predicted octanol–water partition coefficient (Wildman–Crippen LogP) is 3.29. The predicted molar refractivity (Wildman–Crippen MR) is 106 cm³/mol. The number of nitrogens with one attached hydrogen (secondary N) is 2. The summed E-state index contributed by atoms with van der Waals surface area (Å²) in [6.45, 7) is 4.46. The Balaban J connectivity index is 1.34. The number of likely N-dealkylation sites (tertiary alicyclic amines) is 1. The first-order valence-corrected chi connectivity index (χ1v) is 9.71. The molecule has 2 heterocycles. The van der Waals surface area contributed by atoms with Crippen LogP contribution in [-0.4, -0.2) is 35.5 Å². The number of imide groups is 1. The molecule has 0 unspecified atom stereocenters. The normalized spacial score (nSPS) is 23.3. The first kappa shape index (κ1) is 18.5. The van der Waals surface area contributed by atoms with Crippen LogP contribution < -0.4 is 15.4 Å². The molecule has 0 saturated carbocycles. The maximum Gasteiger partial charge on any atom is 0.322 e. The highest BCUT2D eigenvalue weighted by Gasteiger charge is 2.48. The summed E-state index contributed by atoms with van der Waals surface area (Å²) in [5.41, 5.74) is 0.414. The summed E-state index contributed by atoms with van der Waals surface area (Å²) in [6.07, 6.45) is 1.76. The fraction of sp³-hybridized carbons (Fsp3) is 0.364. The minimum absolute atomic E-state index is 0.156. The van der Waals surface area contributed by atoms with Gasteiger partial charge in [-0.05, 0) is 68.6 Å². The molecule has 0 radical (unpaired) electrons. The summed E-state index contributed by atoms with van der Waals surface area (Å²) in [7, 11) is 0. The number of hydrogen-bond donors (Lipinski definition) is 2. The maximum atomic E-state index is 12.1. The Kier molecular flexibility index (Phi) is 5.05. The number of benzene rings is 2. The highest BCUT2D eigenvalue weighted by Crippen LogP contribution is 2.31. The fourth-order valence-corrected chi connectivity index (χ4v) is 4.10. The molecule has 0 bridgehead atoms. The third-order valence-electron chi connectivity index (χ3n) is 5.76. The lowest BCUT2D eigenvalue weighted by Gasteiger charge is -2.38. The summed E-state index contributed by atoms with van der Waals surface area (Å²) in [4.78, 5) is 26.0. The number of carbonyl (C=O) groups is 2. The number of nitrogens with zero attached hydrogens (tertiary/aromatic N) is 1. The first-order chi connectivity index (χ1) is 13.5. The molecule has 2 aliphatic heterocycles. The van der Waals surface area contributed by atoms with E-state index in [-0.39, 0.29) is 17.9 Å². The molecule has 6 heteroatoms. The molecular weight excluding hydrogens is 354 g/mol. The van der Waals surface area contributed by atoms with Crippen molar-refractivity contribution < 1.29 is 14.3 Å². The van der Waals surface area contributed by atoms with Crippen LogP contribution in [0.25, 0.3) is 0 Å². The van der Waals surface area contributed by atoms with Crippen molar-refractivity contribution in [1.82, 2.24) is 15.5 Å². The number of carbonyl (C=O) groups excluding carboxylic acids is 2. The van der Waals surface area contributed by atoms with E-state index in [9.17, 15) is 9.59 Å². The quantitative estimate of drug-likeness (QED) is 0.782. The van der Waals surface area contributed by atoms with Crippen LogP contribution in [0.3, 0.4) is 0 Å². The lowest BCUT2D eigenvalue weighted by atomic mass is 9.79. The van der Waals surface area contributed by atoms with Crippen LogP contribution in [0.15, 0.2) is 54.6 Å². The zero-order valence-corrected chi connectivity index (χ0v) is 16.0. The molecule has 2 aliphatic rings. The third-order valence-corrected chi connectivity index (χ3v) is 5.76. The molecule has 28 heavy (non-hydrogen) atoms. The van der Waals surface area contributed by atoms with Crippen LogP contribution in [0, 0.1) is 5.92 Å². The lowest BCUT2D eigenvalue weighted by molar-refractivity contribution is -0.125. The number of ether oxygens (including phenoxy) is 1. The van der Waals surface area contributed by atoms with Crippen molar-refractivity contribution in [3.05, 3.63) is 60.2 Å². The van der Waals surface area contributed by atoms with E-state index in [1.165, 1.54) is 5.56 Å². The summed E-state index contributed by atoms with van der Waals surface area (Å²) < 4.78 is 5.92. The standard InChI is InChI=1S/C22H25N3O3/c1-22(20(26)23-21(27)24-22)17-10-12-25(13-11-17)15-16-6-5-9-19(14-16)28-18-7-3-2-4-8-18/h2-9,14,17H,10-13,15H2,1H3,(H2,23,24,26,27)/t22-/m1/s1. The molecule has 2 N–H and O–H groups in total. The summed E-state index contributed by atoms with van der Waals surface area (Å²) in [6, 6.07) is 17.5. The minimum Gasteiger partial charge on any atom is -0.457 e. The molecule has 1 atom stereocenters. The smallest absolute Gasteiger partial charge is 0.322 e. The van der Waals surface area contributed by atoms with Crippen molar-refractivity contribution in [2.24, 2.45) is 5.92 Å². The number of hydrogen-bond acceptors (Lipinski definition) is 4. The molecule has 3 amide bonds. The topological polar surface area (TPSA) is 70.7 Å². The second kappa shape index (κ2) is 7.64. The van der Waals surface area contributed by atoms with Crippen molar-refractivity contribution in [3.8, 4) is 11.5 Å². The molecule has 146 valence electrons. The van der Waals surface area contributed by atoms with Gasteiger partial charge in [0.2, 0.25) is 0 Å². The molecule has 2 aromatic carbocycles. The van der Waals surface area contributed by atoms with Gasteiger partial charge in [-0.25, -0.2) is 4.79 Å². The van der Waals surface area contributed by atoms with E-state index < -0.39 is 5.54 Å². The number of piperidine rings is 1. The van der Waals surface area contributed by atoms with E-state index in [1.54, 1.807) is 0 Å². The van der Waals surface area contributed by atoms with Gasteiger partial charge >= 0.3 is 6.03 Å². The van der Waals surface area contributed by atoms with Crippen molar-refractivity contribution in [3.63, 3.8) is 0 Å². The van der Waals surface area contributed by atoms with Gasteiger partial charge in [0.25, 0.3) is 5.91 Å². The Labute approximate surface area is 164 Å². The average molecular weight is 379 g/mol. The van der Waals surface area contributed by atoms with Crippen LogP contribution in [0.4, 0.5) is 4.79 Å². The monoisotopic (exact) mass is 379 g/mol. The maximum absolute atomic E-state index is 12.1. The van der Waals surface area contributed by atoms with Gasteiger partial charge < -0.3 is 10.1 Å². The van der Waals surface area contributed by atoms with Crippen molar-refractivity contribution >= 4 is 11.9 Å². The van der Waals surface area contributed by atoms with Crippen LogP contribution in [-0.2, 0) is 11.3 Å². The van der Waals surface area contributed by atoms with Gasteiger partial charge in [0.05, 0.1) is 0 Å². The minimum atomic E-state index is -0.785. The van der Waals surface area contributed by atoms with Gasteiger partial charge in [0.1, 0.15) is 17.0 Å². The van der Waals surface area contributed by atoms with E-state index in [0.717, 1.165) is 44.0 Å². The van der Waals surface area contributed by atoms with Gasteiger partial charge in [-0.1, -0.05) is 30.3 Å². The Hall–Kier alpha value is -2.86. The second-order valence-corrected chi connectivity index (χ2v) is 7.72. The number of amides is 3. The molecule has 2 fully saturated rings. The number of urea groups is 1. The largest absolute Gasteiger partial charge is 0.457 e. The third kappa shape index (κ3) is 3.87. The summed E-state index contributed by atoms with van der Waals surface area (Å²) in [5.74, 6) is 1.60. The van der Waals surface area contributed by atoms with E-state index >= 15 is 0 Å². The van der Waals surface area contributed by atoms with Crippen molar-refractivity contribution in [2.45, 2.75) is 31.8 Å². The lowest BCUT2D eigenvalue weighted by Crippen LogP contribution is -2.53.